The van der Waals surface area contributed by atoms with Gasteiger partial charge in [0.2, 0.25) is 0 Å². The molecule has 0 aliphatic carbocycles. The molecule has 0 saturated heterocycles. The fraction of sp³-hybridized carbons (Fsp3) is 0.143. The molecule has 11 heteroatoms. The maximum Gasteiger partial charge on any atom is 0.433 e. The Labute approximate surface area is 179 Å². The number of aromatic nitrogens is 4. The number of rotatable bonds is 3. The van der Waals surface area contributed by atoms with Crippen molar-refractivity contribution in [2.24, 2.45) is 0 Å². The Morgan fingerprint density at radius 3 is 2.09 bits per heavy atom. The van der Waals surface area contributed by atoms with Gasteiger partial charge in [0.1, 0.15) is 22.5 Å². The number of pyridine rings is 2. The average Bonchev–Trinajstić information content (AvgIpc) is 2.71. The van der Waals surface area contributed by atoms with Gasteiger partial charge in [0.05, 0.1) is 5.69 Å². The normalized spacial score (nSPS) is 12.3. The Balaban J connectivity index is 2.19. The summed E-state index contributed by atoms with van der Waals surface area (Å²) in [7, 11) is -3.89. The zero-order chi connectivity index (χ0) is 23.3. The van der Waals surface area contributed by atoms with Gasteiger partial charge in [0.25, 0.3) is 0 Å². The molecule has 0 aliphatic heterocycles. The lowest BCUT2D eigenvalue weighted by atomic mass is 9.97. The summed E-state index contributed by atoms with van der Waals surface area (Å²) in [5.74, 6) is -0.543. The third-order valence-electron chi connectivity index (χ3n) is 4.59. The van der Waals surface area contributed by atoms with Gasteiger partial charge in [0.15, 0.2) is 14.9 Å². The van der Waals surface area contributed by atoms with E-state index < -0.39 is 27.5 Å². The van der Waals surface area contributed by atoms with Gasteiger partial charge in [-0.25, -0.2) is 27.8 Å². The number of alkyl halides is 3. The highest BCUT2D eigenvalue weighted by molar-refractivity contribution is 7.90. The van der Waals surface area contributed by atoms with E-state index in [0.29, 0.717) is 5.56 Å². The summed E-state index contributed by atoms with van der Waals surface area (Å²) >= 11 is 0. The van der Waals surface area contributed by atoms with Crippen LogP contribution in [0.3, 0.4) is 0 Å². The molecule has 0 spiro atoms. The number of fused-ring (bicyclic) bond motifs is 1. The van der Waals surface area contributed by atoms with Crippen molar-refractivity contribution in [3.05, 3.63) is 66.0 Å². The smallest absolute Gasteiger partial charge is 0.252 e. The number of hydrogen-bond donors (Lipinski definition) is 0. The molecule has 0 bridgehead atoms. The van der Waals surface area contributed by atoms with Crippen LogP contribution in [0, 0.1) is 12.7 Å². The van der Waals surface area contributed by atoms with Crippen molar-refractivity contribution in [1.29, 1.82) is 0 Å². The third kappa shape index (κ3) is 4.03. The van der Waals surface area contributed by atoms with Crippen LogP contribution in [0.15, 0.2) is 53.8 Å². The first-order chi connectivity index (χ1) is 14.9. The van der Waals surface area contributed by atoms with Crippen molar-refractivity contribution >= 4 is 20.9 Å². The van der Waals surface area contributed by atoms with Crippen LogP contribution in [0.5, 0.6) is 0 Å². The lowest BCUT2D eigenvalue weighted by Crippen LogP contribution is -2.10. The number of benzene rings is 1. The van der Waals surface area contributed by atoms with Crippen LogP contribution in [0.4, 0.5) is 17.6 Å². The molecule has 0 N–H and O–H groups in total. The fourth-order valence-electron chi connectivity index (χ4n) is 3.31. The number of aryl methyl sites for hydroxylation is 1. The summed E-state index contributed by atoms with van der Waals surface area (Å²) in [5, 5.41) is -0.384. The van der Waals surface area contributed by atoms with Crippen molar-refractivity contribution in [2.75, 3.05) is 6.26 Å². The Bertz CT molecular complexity index is 1450. The van der Waals surface area contributed by atoms with Gasteiger partial charge in [-0.3, -0.25) is 4.98 Å². The second kappa shape index (κ2) is 7.59. The van der Waals surface area contributed by atoms with E-state index in [9.17, 15) is 26.0 Å². The van der Waals surface area contributed by atoms with Crippen molar-refractivity contribution in [3.63, 3.8) is 0 Å². The van der Waals surface area contributed by atoms with E-state index in [1.807, 2.05) is 0 Å². The van der Waals surface area contributed by atoms with Crippen LogP contribution >= 0.6 is 0 Å². The highest BCUT2D eigenvalue weighted by Crippen LogP contribution is 2.39. The maximum absolute atomic E-state index is 13.5. The quantitative estimate of drug-likeness (QED) is 0.413. The third-order valence-corrected chi connectivity index (χ3v) is 5.58. The highest BCUT2D eigenvalue weighted by atomic mass is 32.2. The number of sulfone groups is 1. The molecule has 3 aromatic heterocycles. The van der Waals surface area contributed by atoms with Gasteiger partial charge >= 0.3 is 6.18 Å². The predicted molar refractivity (Wildman–Crippen MR) is 109 cm³/mol. The molecule has 0 unspecified atom stereocenters. The van der Waals surface area contributed by atoms with E-state index >= 15 is 0 Å². The lowest BCUT2D eigenvalue weighted by molar-refractivity contribution is -0.141. The number of halogens is 4. The molecule has 3 heterocycles. The molecule has 0 radical (unpaired) electrons. The van der Waals surface area contributed by atoms with E-state index in [1.54, 1.807) is 0 Å². The first kappa shape index (κ1) is 21.8. The van der Waals surface area contributed by atoms with E-state index in [2.05, 4.69) is 19.9 Å². The standard InChI is InChI=1S/C21H14F4N4O2S/c1-11-9-13(10-15(28-11)21(23,24)25)16-17(12-3-5-14(22)6-4-12)29-20(32(2,30)31)19-18(16)26-7-8-27-19/h3-10H,1-2H3. The largest absolute Gasteiger partial charge is 0.433 e. The van der Waals surface area contributed by atoms with Gasteiger partial charge in [-0.2, -0.15) is 13.2 Å². The van der Waals surface area contributed by atoms with E-state index in [4.69, 9.17) is 0 Å². The molecule has 0 amide bonds. The zero-order valence-corrected chi connectivity index (χ0v) is 17.5. The monoisotopic (exact) mass is 462 g/mol. The van der Waals surface area contributed by atoms with Crippen molar-refractivity contribution < 1.29 is 26.0 Å². The fourth-order valence-corrected chi connectivity index (χ4v) is 4.06. The Hall–Kier alpha value is -3.47. The Morgan fingerprint density at radius 1 is 0.875 bits per heavy atom. The van der Waals surface area contributed by atoms with Crippen LogP contribution in [0.2, 0.25) is 0 Å². The minimum atomic E-state index is -4.71. The van der Waals surface area contributed by atoms with Crippen LogP contribution in [0.1, 0.15) is 11.4 Å². The molecular formula is C21H14F4N4O2S. The SMILES string of the molecule is Cc1cc(-c2c(-c3ccc(F)cc3)nc(S(C)(=O)=O)c3nccnc23)cc(C(F)(F)F)n1. The van der Waals surface area contributed by atoms with Gasteiger partial charge in [-0.1, -0.05) is 0 Å². The summed E-state index contributed by atoms with van der Waals surface area (Å²) in [6, 6.07) is 7.24. The second-order valence-corrected chi connectivity index (χ2v) is 8.98. The molecule has 32 heavy (non-hydrogen) atoms. The molecule has 1 aromatic carbocycles. The van der Waals surface area contributed by atoms with Crippen molar-refractivity contribution in [2.45, 2.75) is 18.1 Å². The predicted octanol–water partition coefficient (Wildman–Crippen LogP) is 4.62. The highest BCUT2D eigenvalue weighted by Gasteiger charge is 2.34. The summed E-state index contributed by atoms with van der Waals surface area (Å²) in [6.07, 6.45) is -1.21. The molecule has 0 atom stereocenters. The Morgan fingerprint density at radius 2 is 1.50 bits per heavy atom. The lowest BCUT2D eigenvalue weighted by Gasteiger charge is -2.16. The maximum atomic E-state index is 13.5. The first-order valence-electron chi connectivity index (χ1n) is 9.12. The molecule has 4 aromatic rings. The summed E-state index contributed by atoms with van der Waals surface area (Å²) < 4.78 is 78.7. The molecule has 0 fully saturated rings. The van der Waals surface area contributed by atoms with Crippen LogP contribution < -0.4 is 0 Å². The van der Waals surface area contributed by atoms with Gasteiger partial charge in [0, 0.05) is 35.5 Å². The first-order valence-corrected chi connectivity index (χ1v) is 11.0. The summed E-state index contributed by atoms with van der Waals surface area (Å²) in [5.41, 5.74) is -0.560. The minimum Gasteiger partial charge on any atom is -0.252 e. The van der Waals surface area contributed by atoms with E-state index in [0.717, 1.165) is 24.5 Å². The van der Waals surface area contributed by atoms with Gasteiger partial charge in [-0.15, -0.1) is 0 Å². The number of hydrogen-bond acceptors (Lipinski definition) is 6. The minimum absolute atomic E-state index is 0.0251. The van der Waals surface area contributed by atoms with Crippen molar-refractivity contribution in [1.82, 2.24) is 19.9 Å². The molecule has 0 saturated carbocycles. The topological polar surface area (TPSA) is 85.7 Å². The molecular weight excluding hydrogens is 448 g/mol. The average molecular weight is 462 g/mol. The Kier molecular flexibility index (Phi) is 5.16. The molecule has 164 valence electrons. The summed E-state index contributed by atoms with van der Waals surface area (Å²) in [4.78, 5) is 16.1. The van der Waals surface area contributed by atoms with E-state index in [-0.39, 0.29) is 38.6 Å². The van der Waals surface area contributed by atoms with Crippen LogP contribution in [-0.4, -0.2) is 34.6 Å². The van der Waals surface area contributed by atoms with Crippen molar-refractivity contribution in [3.8, 4) is 22.4 Å². The molecule has 6 nitrogen and oxygen atoms in total. The van der Waals surface area contributed by atoms with Gasteiger partial charge < -0.3 is 0 Å². The van der Waals surface area contributed by atoms with Crippen LogP contribution in [-0.2, 0) is 16.0 Å². The zero-order valence-electron chi connectivity index (χ0n) is 16.6. The molecule has 0 aliphatic rings. The number of nitrogens with zero attached hydrogens (tertiary/aromatic N) is 4. The van der Waals surface area contributed by atoms with Gasteiger partial charge in [-0.05, 0) is 48.9 Å². The second-order valence-electron chi connectivity index (χ2n) is 7.05. The molecule has 4 rings (SSSR count). The summed E-state index contributed by atoms with van der Waals surface area (Å²) in [6.45, 7) is 1.41. The van der Waals surface area contributed by atoms with Crippen LogP contribution in [0.25, 0.3) is 33.4 Å². The van der Waals surface area contributed by atoms with E-state index in [1.165, 1.54) is 37.5 Å².